The lowest BCUT2D eigenvalue weighted by molar-refractivity contribution is 0.372. The second-order valence-electron chi connectivity index (χ2n) is 10.2. The van der Waals surface area contributed by atoms with E-state index in [0.29, 0.717) is 35.2 Å². The standard InChI is InChI=1S/C27H28F3N3O3S/c1-16(2)33-15-31-24-7-6-23(32-37(35,36)27(30)8-9-27)22(25(24)26(33)34)11-17-4-3-5-18(10-17)19-12-20(28)14-21(29)13-19/h3-5,10,12-16,22-23,32H,6-9,11H2,1-2H3. The number of halogens is 3. The zero-order chi connectivity index (χ0) is 26.5. The van der Waals surface area contributed by atoms with Gasteiger partial charge in [-0.2, -0.15) is 0 Å². The molecule has 1 heterocycles. The van der Waals surface area contributed by atoms with Gasteiger partial charge in [-0.05, 0) is 61.9 Å². The molecule has 2 aliphatic rings. The van der Waals surface area contributed by atoms with Crippen LogP contribution in [0.3, 0.4) is 0 Å². The molecule has 0 bridgehead atoms. The normalized spacial score (nSPS) is 20.6. The highest BCUT2D eigenvalue weighted by Gasteiger charge is 2.56. The molecule has 0 aliphatic heterocycles. The lowest BCUT2D eigenvalue weighted by atomic mass is 9.78. The van der Waals surface area contributed by atoms with Crippen LogP contribution in [0.15, 0.2) is 53.6 Å². The zero-order valence-electron chi connectivity index (χ0n) is 20.5. The van der Waals surface area contributed by atoms with Crippen molar-refractivity contribution in [1.82, 2.24) is 14.3 Å². The largest absolute Gasteiger partial charge is 0.296 e. The van der Waals surface area contributed by atoms with Crippen LogP contribution in [0.4, 0.5) is 13.2 Å². The number of hydrogen-bond donors (Lipinski definition) is 1. The van der Waals surface area contributed by atoms with Crippen LogP contribution in [-0.4, -0.2) is 29.0 Å². The molecule has 37 heavy (non-hydrogen) atoms. The van der Waals surface area contributed by atoms with Crippen LogP contribution in [0.5, 0.6) is 0 Å². The molecule has 1 aromatic heterocycles. The summed E-state index contributed by atoms with van der Waals surface area (Å²) in [7, 11) is -4.24. The van der Waals surface area contributed by atoms with E-state index in [-0.39, 0.29) is 30.9 Å². The first-order chi connectivity index (χ1) is 17.5. The van der Waals surface area contributed by atoms with Crippen LogP contribution >= 0.6 is 0 Å². The number of rotatable bonds is 7. The molecular formula is C27H28F3N3O3S. The lowest BCUT2D eigenvalue weighted by Gasteiger charge is -2.34. The Bertz CT molecular complexity index is 1500. The number of sulfonamides is 1. The maximum Gasteiger partial charge on any atom is 0.257 e. The van der Waals surface area contributed by atoms with Crippen LogP contribution in [-0.2, 0) is 22.9 Å². The first-order valence-corrected chi connectivity index (χ1v) is 13.8. The van der Waals surface area contributed by atoms with Crippen molar-refractivity contribution < 1.29 is 21.6 Å². The Morgan fingerprint density at radius 3 is 2.46 bits per heavy atom. The molecule has 0 radical (unpaired) electrons. The molecule has 10 heteroatoms. The maximum atomic E-state index is 14.6. The van der Waals surface area contributed by atoms with E-state index in [4.69, 9.17) is 0 Å². The molecule has 1 N–H and O–H groups in total. The fourth-order valence-electron chi connectivity index (χ4n) is 5.06. The summed E-state index contributed by atoms with van der Waals surface area (Å²) >= 11 is 0. The minimum Gasteiger partial charge on any atom is -0.296 e. The van der Waals surface area contributed by atoms with Gasteiger partial charge in [0.25, 0.3) is 5.56 Å². The summed E-state index contributed by atoms with van der Waals surface area (Å²) in [5.74, 6) is -2.00. The Labute approximate surface area is 213 Å². The van der Waals surface area contributed by atoms with Crippen LogP contribution < -0.4 is 10.3 Å². The Balaban J connectivity index is 1.56. The van der Waals surface area contributed by atoms with E-state index in [1.807, 2.05) is 19.9 Å². The van der Waals surface area contributed by atoms with Gasteiger partial charge >= 0.3 is 0 Å². The van der Waals surface area contributed by atoms with Crippen molar-refractivity contribution in [2.24, 2.45) is 0 Å². The summed E-state index contributed by atoms with van der Waals surface area (Å²) in [6, 6.07) is 9.44. The third-order valence-electron chi connectivity index (χ3n) is 7.23. The number of hydrogen-bond acceptors (Lipinski definition) is 4. The molecule has 6 nitrogen and oxygen atoms in total. The average molecular weight is 532 g/mol. The summed E-state index contributed by atoms with van der Waals surface area (Å²) in [5.41, 5.74) is 2.45. The molecule has 0 saturated heterocycles. The van der Waals surface area contributed by atoms with Gasteiger partial charge in [-0.15, -0.1) is 0 Å². The van der Waals surface area contributed by atoms with Crippen LogP contribution in [0.1, 0.15) is 61.9 Å². The van der Waals surface area contributed by atoms with Gasteiger partial charge < -0.3 is 0 Å². The van der Waals surface area contributed by atoms with E-state index in [1.165, 1.54) is 23.0 Å². The van der Waals surface area contributed by atoms with Gasteiger partial charge in [-0.3, -0.25) is 9.36 Å². The van der Waals surface area contributed by atoms with Crippen molar-refractivity contribution >= 4 is 10.0 Å². The second-order valence-corrected chi connectivity index (χ2v) is 12.2. The lowest BCUT2D eigenvalue weighted by Crippen LogP contribution is -2.48. The predicted molar refractivity (Wildman–Crippen MR) is 134 cm³/mol. The number of benzene rings is 2. The van der Waals surface area contributed by atoms with E-state index >= 15 is 0 Å². The van der Waals surface area contributed by atoms with Gasteiger partial charge in [0, 0.05) is 42.5 Å². The molecular weight excluding hydrogens is 503 g/mol. The Morgan fingerprint density at radius 2 is 1.81 bits per heavy atom. The van der Waals surface area contributed by atoms with Gasteiger partial charge in [-0.25, -0.2) is 31.3 Å². The summed E-state index contributed by atoms with van der Waals surface area (Å²) in [6.07, 6.45) is 2.40. The Morgan fingerprint density at radius 1 is 1.11 bits per heavy atom. The smallest absolute Gasteiger partial charge is 0.257 e. The van der Waals surface area contributed by atoms with Gasteiger partial charge in [0.1, 0.15) is 11.6 Å². The summed E-state index contributed by atoms with van der Waals surface area (Å²) < 4.78 is 72.0. The number of nitrogens with one attached hydrogen (secondary N) is 1. The minimum atomic E-state index is -4.24. The summed E-state index contributed by atoms with van der Waals surface area (Å²) in [4.78, 5) is 18.0. The monoisotopic (exact) mass is 531 g/mol. The molecule has 1 saturated carbocycles. The topological polar surface area (TPSA) is 81.1 Å². The number of fused-ring (bicyclic) bond motifs is 1. The van der Waals surface area contributed by atoms with Crippen molar-refractivity contribution in [3.05, 3.63) is 87.6 Å². The molecule has 5 rings (SSSR count). The van der Waals surface area contributed by atoms with Gasteiger partial charge in [0.05, 0.1) is 12.0 Å². The maximum absolute atomic E-state index is 14.6. The van der Waals surface area contributed by atoms with E-state index in [0.717, 1.165) is 11.6 Å². The SMILES string of the molecule is CC(C)n1cnc2c(c1=O)C(Cc1cccc(-c3cc(F)cc(F)c3)c1)C(NS(=O)(=O)C1(F)CC1)CC2. The summed E-state index contributed by atoms with van der Waals surface area (Å²) in [6.45, 7) is 3.71. The van der Waals surface area contributed by atoms with Crippen molar-refractivity contribution in [3.8, 4) is 11.1 Å². The molecule has 196 valence electrons. The van der Waals surface area contributed by atoms with E-state index in [9.17, 15) is 26.4 Å². The van der Waals surface area contributed by atoms with Gasteiger partial charge in [0.2, 0.25) is 15.0 Å². The van der Waals surface area contributed by atoms with Crippen molar-refractivity contribution in [1.29, 1.82) is 0 Å². The molecule has 0 spiro atoms. The number of aryl methyl sites for hydroxylation is 1. The third-order valence-corrected chi connectivity index (χ3v) is 9.21. The quantitative estimate of drug-likeness (QED) is 0.476. The molecule has 3 aromatic rings. The van der Waals surface area contributed by atoms with Crippen LogP contribution in [0.25, 0.3) is 11.1 Å². The Kier molecular flexibility index (Phi) is 6.52. The Hall–Kier alpha value is -2.98. The third kappa shape index (κ3) is 4.96. The van der Waals surface area contributed by atoms with Gasteiger partial charge in [-0.1, -0.05) is 24.3 Å². The minimum absolute atomic E-state index is 0.0513. The van der Waals surface area contributed by atoms with Crippen molar-refractivity contribution in [3.63, 3.8) is 0 Å². The highest BCUT2D eigenvalue weighted by Crippen LogP contribution is 2.45. The molecule has 0 amide bonds. The highest BCUT2D eigenvalue weighted by molar-refractivity contribution is 7.91. The van der Waals surface area contributed by atoms with E-state index < -0.39 is 38.6 Å². The molecule has 1 fully saturated rings. The molecule has 2 unspecified atom stereocenters. The van der Waals surface area contributed by atoms with Crippen molar-refractivity contribution in [2.45, 2.75) is 69.0 Å². The highest BCUT2D eigenvalue weighted by atomic mass is 32.2. The number of aromatic nitrogens is 2. The number of alkyl halides is 1. The zero-order valence-corrected chi connectivity index (χ0v) is 21.4. The molecule has 2 atom stereocenters. The predicted octanol–water partition coefficient (Wildman–Crippen LogP) is 4.79. The van der Waals surface area contributed by atoms with Crippen molar-refractivity contribution in [2.75, 3.05) is 0 Å². The van der Waals surface area contributed by atoms with E-state index in [2.05, 4.69) is 9.71 Å². The number of nitrogens with zero attached hydrogens (tertiary/aromatic N) is 2. The van der Waals surface area contributed by atoms with E-state index in [1.54, 1.807) is 18.2 Å². The fourth-order valence-corrected chi connectivity index (χ4v) is 6.59. The molecule has 2 aliphatic carbocycles. The summed E-state index contributed by atoms with van der Waals surface area (Å²) in [5, 5.41) is -2.27. The average Bonchev–Trinajstić information content (AvgIpc) is 3.59. The van der Waals surface area contributed by atoms with Crippen LogP contribution in [0.2, 0.25) is 0 Å². The van der Waals surface area contributed by atoms with Crippen LogP contribution in [0, 0.1) is 11.6 Å². The fraction of sp³-hybridized carbons (Fsp3) is 0.407. The first-order valence-electron chi connectivity index (χ1n) is 12.3. The molecule has 2 aromatic carbocycles. The first kappa shape index (κ1) is 25.7. The second kappa shape index (κ2) is 9.40. The van der Waals surface area contributed by atoms with Gasteiger partial charge in [0.15, 0.2) is 0 Å².